The van der Waals surface area contributed by atoms with Crippen molar-refractivity contribution < 1.29 is 106 Å². The molecule has 28 nitrogen and oxygen atoms in total. The van der Waals surface area contributed by atoms with Gasteiger partial charge in [-0.1, -0.05) is 84.8 Å². The second-order valence-electron chi connectivity index (χ2n) is 28.6. The van der Waals surface area contributed by atoms with E-state index in [1.165, 1.54) is 120 Å². The molecule has 0 aliphatic carbocycles. The lowest BCUT2D eigenvalue weighted by atomic mass is 10.0. The van der Waals surface area contributed by atoms with Crippen LogP contribution in [0.25, 0.3) is 56.2 Å². The molecule has 13 rings (SSSR count). The molecule has 0 bridgehead atoms. The van der Waals surface area contributed by atoms with Crippen LogP contribution in [0.1, 0.15) is 57.0 Å². The Morgan fingerprint density at radius 1 is 0.353 bits per heavy atom. The minimum absolute atomic E-state index is 0.0333. The number of aromatic nitrogens is 12. The predicted molar refractivity (Wildman–Crippen MR) is 464 cm³/mol. The molecule has 0 N–H and O–H groups in total. The number of benzene rings is 5. The number of hydrogen-bond donors (Lipinski definition) is 0. The summed E-state index contributed by atoms with van der Waals surface area (Å²) in [5.74, 6) is 7.31. The normalized spacial score (nSPS) is 12.0. The summed E-state index contributed by atoms with van der Waals surface area (Å²) in [6.07, 6.45) is 0.891. The first-order chi connectivity index (χ1) is 62.5. The van der Waals surface area contributed by atoms with Gasteiger partial charge < -0.3 is 42.0 Å². The van der Waals surface area contributed by atoms with E-state index in [9.17, 15) is 101 Å². The lowest BCUT2D eigenvalue weighted by molar-refractivity contribution is -0.142. The number of hydrogen-bond acceptors (Lipinski definition) is 24. The molecule has 0 amide bonds. The fraction of sp³-hybridized carbons (Fsp3) is 0.213. The first-order valence-corrected chi connectivity index (χ1v) is 45.5. The second kappa shape index (κ2) is 42.2. The molecule has 8 aromatic heterocycles. The van der Waals surface area contributed by atoms with Crippen LogP contribution in [0.5, 0.6) is 28.7 Å². The average Bonchev–Trinajstić information content (AvgIpc) is 0.795. The van der Waals surface area contributed by atoms with Gasteiger partial charge in [0, 0.05) is 103 Å². The minimum atomic E-state index is -4.90. The van der Waals surface area contributed by atoms with Crippen molar-refractivity contribution in [2.45, 2.75) is 84.4 Å². The Morgan fingerprint density at radius 2 is 0.662 bits per heavy atom. The lowest BCUT2D eigenvalue weighted by Gasteiger charge is -2.13. The van der Waals surface area contributed by atoms with Gasteiger partial charge in [0.1, 0.15) is 35.1 Å². The molecule has 0 saturated heterocycles. The van der Waals surface area contributed by atoms with Gasteiger partial charge >= 0.3 is 24.7 Å². The third-order valence-electron chi connectivity index (χ3n) is 18.7. The van der Waals surface area contributed by atoms with Crippen molar-refractivity contribution in [3.8, 4) is 110 Å². The molecular formula is C89H74F12N12O16S4. The molecule has 0 fully saturated rings. The van der Waals surface area contributed by atoms with E-state index < -0.39 is 120 Å². The molecule has 0 saturated carbocycles. The van der Waals surface area contributed by atoms with Crippen LogP contribution in [0.2, 0.25) is 0 Å². The van der Waals surface area contributed by atoms with Crippen molar-refractivity contribution >= 4 is 40.3 Å². The second-order valence-corrected chi connectivity index (χ2v) is 35.6. The summed E-state index contributed by atoms with van der Waals surface area (Å²) in [5.41, 5.74) is -1.51. The molecule has 5 aromatic carbocycles. The molecule has 1 atom stereocenters. The number of methoxy groups -OCH3 is 4. The summed E-state index contributed by atoms with van der Waals surface area (Å²) in [6.45, 7) is 0.477. The SMILES string of the molecule is C#CCCc1cc(Cn2cc(-c3cc(C(F)(F)F)nc(S(C)(=O)=O)n3)ccc2=O)ccc1OC.C#CCOc1ccc(Cn2cc(-c3cc(C(F)(F)F)nc(S(C)(=O)=O)n3)ccc2=O)cc1OC.COc1ccc(Cn2cc(-c3cc(C(F)(F)F)nc(S(C)=O)n3)ccc2=O)cc1OC.CS(=O)(=O)c1nc(-c2ccc(=O)n(Cc3ccc(-c4ccccc4)cc3)c2)cc(C(F)(F)F)n1. The van der Waals surface area contributed by atoms with Gasteiger partial charge in [-0.05, 0) is 124 Å². The Labute approximate surface area is 752 Å². The quantitative estimate of drug-likeness (QED) is 0.0291. The van der Waals surface area contributed by atoms with Gasteiger partial charge in [0.05, 0.1) is 88.2 Å². The van der Waals surface area contributed by atoms with Crippen LogP contribution in [-0.4, -0.2) is 148 Å². The molecule has 13 aromatic rings. The van der Waals surface area contributed by atoms with Crippen LogP contribution in [-0.2, 0) is 97.6 Å². The van der Waals surface area contributed by atoms with Crippen LogP contribution in [0.4, 0.5) is 52.7 Å². The highest BCUT2D eigenvalue weighted by Gasteiger charge is 2.39. The monoisotopic (exact) mass is 1920 g/mol. The lowest BCUT2D eigenvalue weighted by Crippen LogP contribution is -2.20. The standard InChI is InChI=1S/C24H18F3N3O3S.C23H20F3N3O4S.C22H18F3N3O5S.C20H18F3N3O4S/c1-34(32,33)23-28-20(13-21(29-23)24(25,26)27)19-11-12-22(31)30(15-19)14-16-7-9-18(10-8-16)17-5-3-2-4-6-17;1-4-5-6-16-11-15(7-9-19(16)33-2)13-29-14-17(8-10-21(29)30)18-12-20(23(24,25)26)28-22(27-18)34(3,31)32;1-4-9-33-17-7-5-14(10-18(17)32-2)12-28-13-15(6-8-20(28)29)16-11-19(22(23,24)25)27-21(26-16)34(3,30)31;1-29-15-6-4-12(8-16(15)30-2)10-26-11-13(5-7-18(26)27)14-9-17(20(21,22)23)25-19(24-14)31(3)28/h2-13,15H,14H2,1H3;1,7-12,14H,5-6,13H2,2-3H3;1,5-8,10-11,13H,9,12H2,2-3H3;4-9,11H,10H2,1-3H3. The highest BCUT2D eigenvalue weighted by molar-refractivity contribution is 7.91. The number of ether oxygens (including phenoxy) is 5. The van der Waals surface area contributed by atoms with E-state index in [1.807, 2.05) is 60.7 Å². The maximum atomic E-state index is 13.3. The Balaban J connectivity index is 0.000000184. The molecule has 0 aliphatic rings. The molecule has 44 heteroatoms. The number of alkyl halides is 12. The van der Waals surface area contributed by atoms with E-state index in [0.717, 1.165) is 46.2 Å². The summed E-state index contributed by atoms with van der Waals surface area (Å²) < 4.78 is 274. The number of nitrogens with zero attached hydrogens (tertiary/aromatic N) is 12. The third kappa shape index (κ3) is 27.1. The van der Waals surface area contributed by atoms with Gasteiger partial charge in [-0.15, -0.1) is 18.8 Å². The van der Waals surface area contributed by atoms with Crippen LogP contribution >= 0.6 is 0 Å². The fourth-order valence-electron chi connectivity index (χ4n) is 12.3. The zero-order valence-corrected chi connectivity index (χ0v) is 74.1. The number of aryl methyl sites for hydroxylation is 1. The first-order valence-electron chi connectivity index (χ1n) is 38.3. The number of rotatable bonds is 25. The van der Waals surface area contributed by atoms with Crippen molar-refractivity contribution in [3.63, 3.8) is 0 Å². The van der Waals surface area contributed by atoms with Crippen LogP contribution < -0.4 is 45.9 Å². The Hall–Kier alpha value is -14.5. The number of pyridine rings is 4. The van der Waals surface area contributed by atoms with Crippen molar-refractivity contribution in [3.05, 3.63) is 299 Å². The topological polar surface area (TPSA) is 357 Å². The smallest absolute Gasteiger partial charge is 0.433 e. The molecule has 0 aliphatic heterocycles. The fourth-order valence-corrected chi connectivity index (χ4v) is 14.3. The summed E-state index contributed by atoms with van der Waals surface area (Å²) in [4.78, 5) is 77.7. The van der Waals surface area contributed by atoms with E-state index in [0.29, 0.717) is 83.4 Å². The minimum Gasteiger partial charge on any atom is -0.496 e. The Morgan fingerprint density at radius 3 is 1.00 bits per heavy atom. The first kappa shape index (κ1) is 101. The molecule has 1 unspecified atom stereocenters. The average molecular weight is 1920 g/mol. The van der Waals surface area contributed by atoms with Gasteiger partial charge in [-0.2, -0.15) is 52.7 Å². The van der Waals surface area contributed by atoms with E-state index in [1.54, 1.807) is 48.5 Å². The number of halogens is 12. The van der Waals surface area contributed by atoms with E-state index >= 15 is 0 Å². The van der Waals surface area contributed by atoms with Gasteiger partial charge in [-0.25, -0.2) is 65.1 Å². The largest absolute Gasteiger partial charge is 0.496 e. The molecule has 0 spiro atoms. The van der Waals surface area contributed by atoms with E-state index in [2.05, 4.69) is 51.7 Å². The summed E-state index contributed by atoms with van der Waals surface area (Å²) >= 11 is 0. The Bertz CT molecular complexity index is 7250. The zero-order valence-electron chi connectivity index (χ0n) is 70.8. The zero-order chi connectivity index (χ0) is 97.5. The van der Waals surface area contributed by atoms with Gasteiger partial charge in [0.25, 0.3) is 22.2 Å². The van der Waals surface area contributed by atoms with Gasteiger partial charge in [0.2, 0.25) is 50.1 Å². The number of sulfone groups is 3. The van der Waals surface area contributed by atoms with E-state index in [4.69, 9.17) is 36.5 Å². The molecule has 694 valence electrons. The van der Waals surface area contributed by atoms with E-state index in [-0.39, 0.29) is 88.9 Å². The van der Waals surface area contributed by atoms with Crippen LogP contribution in [0.3, 0.4) is 0 Å². The third-order valence-corrected chi connectivity index (χ3v) is 21.9. The van der Waals surface area contributed by atoms with Crippen molar-refractivity contribution in [1.29, 1.82) is 0 Å². The molecule has 133 heavy (non-hydrogen) atoms. The summed E-state index contributed by atoms with van der Waals surface area (Å²) in [6, 6.07) is 45.3. The van der Waals surface area contributed by atoms with Crippen LogP contribution in [0.15, 0.2) is 247 Å². The number of terminal acetylenes is 2. The van der Waals surface area contributed by atoms with Crippen molar-refractivity contribution in [2.24, 2.45) is 0 Å². The van der Waals surface area contributed by atoms with Crippen LogP contribution in [0, 0.1) is 24.7 Å². The maximum Gasteiger partial charge on any atom is 0.433 e. The van der Waals surface area contributed by atoms with Crippen molar-refractivity contribution in [2.75, 3.05) is 60.1 Å². The molecule has 8 heterocycles. The predicted octanol–water partition coefficient (Wildman–Crippen LogP) is 13.7. The van der Waals surface area contributed by atoms with Gasteiger partial charge in [-0.3, -0.25) is 23.4 Å². The summed E-state index contributed by atoms with van der Waals surface area (Å²) in [5, 5.41) is -3.31. The highest BCUT2D eigenvalue weighted by Crippen LogP contribution is 2.38. The van der Waals surface area contributed by atoms with Gasteiger partial charge in [0.15, 0.2) is 23.0 Å². The highest BCUT2D eigenvalue weighted by atomic mass is 32.2. The maximum absolute atomic E-state index is 13.3. The molecular weight excluding hydrogens is 1850 g/mol. The molecule has 0 radical (unpaired) electrons. The summed E-state index contributed by atoms with van der Waals surface area (Å²) in [7, 11) is -8.23. The van der Waals surface area contributed by atoms with Crippen molar-refractivity contribution in [1.82, 2.24) is 58.1 Å². The Kier molecular flexibility index (Phi) is 31.9.